The monoisotopic (exact) mass is 290 g/mol. The highest BCUT2D eigenvalue weighted by molar-refractivity contribution is 5.85. The third-order valence-corrected chi connectivity index (χ3v) is 2.44. The quantitative estimate of drug-likeness (QED) is 0.749. The van der Waals surface area contributed by atoms with Crippen LogP contribution in [0.2, 0.25) is 0 Å². The van der Waals surface area contributed by atoms with Crippen LogP contribution in [-0.4, -0.2) is 44.4 Å². The van der Waals surface area contributed by atoms with Gasteiger partial charge in [0.15, 0.2) is 0 Å². The number of hydrogen-bond donors (Lipinski definition) is 2. The van der Waals surface area contributed by atoms with Crippen molar-refractivity contribution in [3.63, 3.8) is 0 Å². The second-order valence-electron chi connectivity index (χ2n) is 3.96. The Balaban J connectivity index is 0.00000289. The summed E-state index contributed by atoms with van der Waals surface area (Å²) in [5, 5.41) is 5.60. The van der Waals surface area contributed by atoms with Gasteiger partial charge in [-0.25, -0.2) is 0 Å². The van der Waals surface area contributed by atoms with E-state index in [0.29, 0.717) is 0 Å². The van der Waals surface area contributed by atoms with Crippen molar-refractivity contribution < 1.29 is 22.7 Å². The van der Waals surface area contributed by atoms with Gasteiger partial charge >= 0.3 is 6.18 Å². The fraction of sp³-hybridized carbons (Fsp3) is 0.900. The lowest BCUT2D eigenvalue weighted by Crippen LogP contribution is -2.47. The van der Waals surface area contributed by atoms with Crippen molar-refractivity contribution in [1.82, 2.24) is 10.6 Å². The van der Waals surface area contributed by atoms with Gasteiger partial charge in [0.25, 0.3) is 0 Å². The number of carbonyl (C=O) groups excluding carboxylic acids is 1. The van der Waals surface area contributed by atoms with Crippen molar-refractivity contribution in [3.8, 4) is 0 Å². The number of hydrogen-bond acceptors (Lipinski definition) is 3. The fourth-order valence-electron chi connectivity index (χ4n) is 1.63. The molecule has 1 aliphatic rings. The fourth-order valence-corrected chi connectivity index (χ4v) is 1.63. The van der Waals surface area contributed by atoms with Gasteiger partial charge in [0.05, 0.1) is 12.6 Å². The second-order valence-corrected chi connectivity index (χ2v) is 3.96. The molecular formula is C10H18ClF3N2O2. The van der Waals surface area contributed by atoms with Crippen LogP contribution in [0, 0.1) is 0 Å². The Morgan fingerprint density at radius 3 is 2.67 bits per heavy atom. The minimum atomic E-state index is -4.31. The molecule has 0 aliphatic carbocycles. The van der Waals surface area contributed by atoms with E-state index >= 15 is 0 Å². The molecule has 0 radical (unpaired) electrons. The van der Waals surface area contributed by atoms with Crippen LogP contribution in [0.5, 0.6) is 0 Å². The molecule has 0 aromatic carbocycles. The largest absolute Gasteiger partial charge is 0.411 e. The SMILES string of the molecule is Cl.O=C(NCCOCC(F)(F)F)[C@@H]1CCCCN1. The van der Waals surface area contributed by atoms with E-state index in [0.717, 1.165) is 25.8 Å². The van der Waals surface area contributed by atoms with Gasteiger partial charge in [-0.2, -0.15) is 13.2 Å². The van der Waals surface area contributed by atoms with Gasteiger partial charge < -0.3 is 15.4 Å². The number of rotatable bonds is 5. The van der Waals surface area contributed by atoms with Crippen molar-refractivity contribution in [2.45, 2.75) is 31.5 Å². The molecule has 1 amide bonds. The average Bonchev–Trinajstić information content (AvgIpc) is 2.28. The van der Waals surface area contributed by atoms with Gasteiger partial charge in [0.2, 0.25) is 5.91 Å². The third-order valence-electron chi connectivity index (χ3n) is 2.44. The van der Waals surface area contributed by atoms with E-state index in [4.69, 9.17) is 0 Å². The standard InChI is InChI=1S/C10H17F3N2O2.ClH/c11-10(12,13)7-17-6-5-15-9(16)8-3-1-2-4-14-8;/h8,14H,1-7H2,(H,15,16);1H/t8-;/m0./s1. The van der Waals surface area contributed by atoms with Crippen LogP contribution in [0.1, 0.15) is 19.3 Å². The number of halogens is 4. The van der Waals surface area contributed by atoms with E-state index in [-0.39, 0.29) is 37.5 Å². The number of piperidine rings is 1. The van der Waals surface area contributed by atoms with Crippen molar-refractivity contribution in [3.05, 3.63) is 0 Å². The molecule has 1 heterocycles. The predicted octanol–water partition coefficient (Wildman–Crippen LogP) is 1.25. The van der Waals surface area contributed by atoms with Crippen LogP contribution in [0.15, 0.2) is 0 Å². The zero-order valence-electron chi connectivity index (χ0n) is 9.89. The molecule has 8 heteroatoms. The summed E-state index contributed by atoms with van der Waals surface area (Å²) < 4.78 is 39.5. The molecule has 1 fully saturated rings. The van der Waals surface area contributed by atoms with Gasteiger partial charge in [0.1, 0.15) is 6.61 Å². The molecule has 0 saturated carbocycles. The number of alkyl halides is 3. The first kappa shape index (κ1) is 17.5. The van der Waals surface area contributed by atoms with Crippen LogP contribution >= 0.6 is 12.4 Å². The van der Waals surface area contributed by atoms with Crippen molar-refractivity contribution in [2.75, 3.05) is 26.3 Å². The smallest absolute Gasteiger partial charge is 0.370 e. The van der Waals surface area contributed by atoms with Gasteiger partial charge in [-0.05, 0) is 19.4 Å². The molecule has 1 aliphatic heterocycles. The lowest BCUT2D eigenvalue weighted by Gasteiger charge is -2.22. The molecule has 1 atom stereocenters. The summed E-state index contributed by atoms with van der Waals surface area (Å²) in [5.41, 5.74) is 0. The predicted molar refractivity (Wildman–Crippen MR) is 62.8 cm³/mol. The molecule has 1 rings (SSSR count). The lowest BCUT2D eigenvalue weighted by molar-refractivity contribution is -0.173. The Morgan fingerprint density at radius 2 is 2.11 bits per heavy atom. The first-order valence-electron chi connectivity index (χ1n) is 5.64. The number of carbonyl (C=O) groups is 1. The Bertz CT molecular complexity index is 246. The first-order chi connectivity index (χ1) is 7.99. The number of ether oxygens (including phenoxy) is 1. The number of amides is 1. The molecule has 0 unspecified atom stereocenters. The second kappa shape index (κ2) is 8.55. The topological polar surface area (TPSA) is 50.4 Å². The summed E-state index contributed by atoms with van der Waals surface area (Å²) in [6.45, 7) is -0.488. The molecule has 18 heavy (non-hydrogen) atoms. The summed E-state index contributed by atoms with van der Waals surface area (Å²) in [4.78, 5) is 11.5. The summed E-state index contributed by atoms with van der Waals surface area (Å²) in [6.07, 6.45) is -1.49. The van der Waals surface area contributed by atoms with Crippen molar-refractivity contribution >= 4 is 18.3 Å². The van der Waals surface area contributed by atoms with Crippen LogP contribution in [-0.2, 0) is 9.53 Å². The van der Waals surface area contributed by atoms with Crippen LogP contribution in [0.4, 0.5) is 13.2 Å². The number of nitrogens with one attached hydrogen (secondary N) is 2. The maximum Gasteiger partial charge on any atom is 0.411 e. The van der Waals surface area contributed by atoms with E-state index in [2.05, 4.69) is 15.4 Å². The highest BCUT2D eigenvalue weighted by atomic mass is 35.5. The first-order valence-corrected chi connectivity index (χ1v) is 5.64. The normalized spacial score (nSPS) is 20.1. The highest BCUT2D eigenvalue weighted by Gasteiger charge is 2.27. The minimum absolute atomic E-state index is 0. The van der Waals surface area contributed by atoms with Gasteiger partial charge in [0, 0.05) is 6.54 Å². The van der Waals surface area contributed by atoms with Crippen molar-refractivity contribution in [1.29, 1.82) is 0 Å². The Hall–Kier alpha value is -0.530. The molecule has 0 aromatic heterocycles. The molecular weight excluding hydrogens is 273 g/mol. The molecule has 108 valence electrons. The van der Waals surface area contributed by atoms with Crippen molar-refractivity contribution in [2.24, 2.45) is 0 Å². The van der Waals surface area contributed by atoms with E-state index in [1.807, 2.05) is 0 Å². The van der Waals surface area contributed by atoms with Crippen LogP contribution in [0.3, 0.4) is 0 Å². The Morgan fingerprint density at radius 1 is 1.39 bits per heavy atom. The molecule has 2 N–H and O–H groups in total. The third kappa shape index (κ3) is 7.73. The molecule has 0 spiro atoms. The molecule has 4 nitrogen and oxygen atoms in total. The van der Waals surface area contributed by atoms with Gasteiger partial charge in [-0.1, -0.05) is 6.42 Å². The molecule has 0 bridgehead atoms. The van der Waals surface area contributed by atoms with E-state index < -0.39 is 12.8 Å². The maximum atomic E-state index is 11.7. The summed E-state index contributed by atoms with van der Waals surface area (Å²) in [6, 6.07) is -0.216. The average molecular weight is 291 g/mol. The van der Waals surface area contributed by atoms with Crippen LogP contribution in [0.25, 0.3) is 0 Å². The summed E-state index contributed by atoms with van der Waals surface area (Å²) in [5.74, 6) is -0.166. The molecule has 0 aromatic rings. The minimum Gasteiger partial charge on any atom is -0.370 e. The Labute approximate surface area is 110 Å². The van der Waals surface area contributed by atoms with E-state index in [1.54, 1.807) is 0 Å². The van der Waals surface area contributed by atoms with E-state index in [9.17, 15) is 18.0 Å². The maximum absolute atomic E-state index is 11.7. The highest BCUT2D eigenvalue weighted by Crippen LogP contribution is 2.14. The van der Waals surface area contributed by atoms with Gasteiger partial charge in [-0.3, -0.25) is 4.79 Å². The Kier molecular flexibility index (Phi) is 8.30. The molecule has 1 saturated heterocycles. The summed E-state index contributed by atoms with van der Waals surface area (Å²) >= 11 is 0. The zero-order chi connectivity index (χ0) is 12.7. The van der Waals surface area contributed by atoms with E-state index in [1.165, 1.54) is 0 Å². The van der Waals surface area contributed by atoms with Gasteiger partial charge in [-0.15, -0.1) is 12.4 Å². The lowest BCUT2D eigenvalue weighted by atomic mass is 10.0. The zero-order valence-corrected chi connectivity index (χ0v) is 10.7. The van der Waals surface area contributed by atoms with Crippen LogP contribution < -0.4 is 10.6 Å². The summed E-state index contributed by atoms with van der Waals surface area (Å²) in [7, 11) is 0.